The van der Waals surface area contributed by atoms with Gasteiger partial charge in [-0.2, -0.15) is 13.2 Å². The normalized spacial score (nSPS) is 11.3. The molecule has 200 valence electrons. The first-order chi connectivity index (χ1) is 18.3. The van der Waals surface area contributed by atoms with Gasteiger partial charge in [-0.05, 0) is 48.4 Å². The van der Waals surface area contributed by atoms with E-state index in [2.05, 4.69) is 25.3 Å². The Labute approximate surface area is 222 Å². The predicted octanol–water partition coefficient (Wildman–Crippen LogP) is 4.72. The van der Waals surface area contributed by atoms with E-state index in [1.807, 2.05) is 0 Å². The number of hydrogen-bond donors (Lipinski definition) is 2. The number of halogens is 3. The third-order valence-electron chi connectivity index (χ3n) is 5.76. The topological polar surface area (TPSA) is 127 Å². The minimum atomic E-state index is -4.82. The van der Waals surface area contributed by atoms with Gasteiger partial charge >= 0.3 is 6.18 Å². The smallest absolute Gasteiger partial charge is 0.366 e. The minimum Gasteiger partial charge on any atom is -0.366 e. The van der Waals surface area contributed by atoms with Gasteiger partial charge in [-0.1, -0.05) is 12.1 Å². The van der Waals surface area contributed by atoms with Crippen molar-refractivity contribution in [1.82, 2.24) is 19.9 Å². The van der Waals surface area contributed by atoms with E-state index < -0.39 is 23.3 Å². The number of nitrogens with one attached hydrogen (secondary N) is 1. The summed E-state index contributed by atoms with van der Waals surface area (Å²) in [4.78, 5) is 42.1. The lowest BCUT2D eigenvalue weighted by atomic mass is 9.93. The van der Waals surface area contributed by atoms with Gasteiger partial charge in [0.15, 0.2) is 5.69 Å². The first-order valence-electron chi connectivity index (χ1n) is 11.6. The Bertz CT molecular complexity index is 1590. The molecular weight excluding hydrogens is 511 g/mol. The average Bonchev–Trinajstić information content (AvgIpc) is 2.87. The number of hydrogen-bond acceptors (Lipinski definition) is 7. The zero-order chi connectivity index (χ0) is 28.5. The molecule has 0 bridgehead atoms. The molecule has 4 aromatic rings. The molecule has 2 amide bonds. The Balaban J connectivity index is 1.94. The Hall–Kier alpha value is -4.87. The van der Waals surface area contributed by atoms with Crippen molar-refractivity contribution in [2.75, 3.05) is 24.3 Å². The molecule has 3 N–H and O–H groups in total. The molecule has 0 aliphatic carbocycles. The summed E-state index contributed by atoms with van der Waals surface area (Å²) in [5, 5.41) is 2.63. The van der Waals surface area contributed by atoms with Crippen LogP contribution in [0.1, 0.15) is 28.5 Å². The number of amides is 2. The molecule has 4 rings (SSSR count). The van der Waals surface area contributed by atoms with Gasteiger partial charge in [-0.25, -0.2) is 15.0 Å². The summed E-state index contributed by atoms with van der Waals surface area (Å²) in [6.07, 6.45) is -2.39. The molecule has 0 aliphatic heterocycles. The summed E-state index contributed by atoms with van der Waals surface area (Å²) in [6.45, 7) is 3.16. The van der Waals surface area contributed by atoms with Crippen LogP contribution < -0.4 is 16.0 Å². The maximum atomic E-state index is 13.9. The number of benzene rings is 1. The molecule has 0 fully saturated rings. The van der Waals surface area contributed by atoms with Gasteiger partial charge in [-0.15, -0.1) is 0 Å². The third kappa shape index (κ3) is 5.84. The Morgan fingerprint density at radius 1 is 0.923 bits per heavy atom. The molecule has 9 nitrogen and oxygen atoms in total. The summed E-state index contributed by atoms with van der Waals surface area (Å²) < 4.78 is 41.7. The lowest BCUT2D eigenvalue weighted by Gasteiger charge is -2.18. The number of nitrogens with zero attached hydrogens (tertiary/aromatic N) is 5. The zero-order valence-electron chi connectivity index (χ0n) is 21.5. The van der Waals surface area contributed by atoms with Crippen molar-refractivity contribution in [2.45, 2.75) is 20.0 Å². The van der Waals surface area contributed by atoms with Crippen LogP contribution in [0, 0.1) is 6.92 Å². The van der Waals surface area contributed by atoms with E-state index >= 15 is 0 Å². The first kappa shape index (κ1) is 27.2. The van der Waals surface area contributed by atoms with Crippen LogP contribution in [0.25, 0.3) is 33.6 Å². The number of aryl methyl sites for hydroxylation is 1. The highest BCUT2D eigenvalue weighted by atomic mass is 19.4. The molecule has 1 aromatic carbocycles. The summed E-state index contributed by atoms with van der Waals surface area (Å²) in [7, 11) is 3.51. The molecule has 12 heteroatoms. The molecule has 0 atom stereocenters. The van der Waals surface area contributed by atoms with Crippen molar-refractivity contribution in [3.8, 4) is 33.6 Å². The maximum Gasteiger partial charge on any atom is 0.433 e. The first-order valence-corrected chi connectivity index (χ1v) is 11.6. The minimum absolute atomic E-state index is 0.105. The number of carbonyl (C=O) groups is 2. The molecule has 0 unspecified atom stereocenters. The van der Waals surface area contributed by atoms with Crippen molar-refractivity contribution in [1.29, 1.82) is 0 Å². The van der Waals surface area contributed by atoms with Crippen molar-refractivity contribution in [2.24, 2.45) is 5.73 Å². The lowest BCUT2D eigenvalue weighted by molar-refractivity contribution is -0.140. The van der Waals surface area contributed by atoms with E-state index in [0.29, 0.717) is 34.3 Å². The summed E-state index contributed by atoms with van der Waals surface area (Å²) >= 11 is 0. The molecule has 0 saturated heterocycles. The van der Waals surface area contributed by atoms with Crippen molar-refractivity contribution >= 4 is 23.6 Å². The van der Waals surface area contributed by atoms with Crippen LogP contribution in [0.15, 0.2) is 54.9 Å². The number of primary amides is 1. The van der Waals surface area contributed by atoms with Gasteiger partial charge in [0, 0.05) is 50.1 Å². The van der Waals surface area contributed by atoms with Crippen LogP contribution >= 0.6 is 0 Å². The Kier molecular flexibility index (Phi) is 7.30. The van der Waals surface area contributed by atoms with E-state index in [-0.39, 0.29) is 17.0 Å². The predicted molar refractivity (Wildman–Crippen MR) is 141 cm³/mol. The van der Waals surface area contributed by atoms with Crippen molar-refractivity contribution < 1.29 is 22.8 Å². The van der Waals surface area contributed by atoms with Crippen LogP contribution in [-0.4, -0.2) is 45.8 Å². The van der Waals surface area contributed by atoms with Gasteiger partial charge in [0.2, 0.25) is 17.8 Å². The molecule has 3 heterocycles. The number of anilines is 2. The van der Waals surface area contributed by atoms with E-state index in [4.69, 9.17) is 5.73 Å². The molecule has 0 spiro atoms. The van der Waals surface area contributed by atoms with E-state index in [1.54, 1.807) is 50.2 Å². The highest BCUT2D eigenvalue weighted by molar-refractivity contribution is 6.00. The molecule has 0 saturated carbocycles. The Morgan fingerprint density at radius 3 is 2.26 bits per heavy atom. The molecule has 0 aliphatic rings. The van der Waals surface area contributed by atoms with Crippen molar-refractivity contribution in [3.63, 3.8) is 0 Å². The standard InChI is InChI=1S/C27H24F3N7O2/c1-14-5-6-17(23-18(25(31)39)8-10-33-24(23)27(28,29)30)11-19(14)21-13-20(35-26(36-21)37(3)4)16-7-9-32-22(12-16)34-15(2)38/h5-13H,1-4H3,(H2,31,39)(H,32,34,38). The SMILES string of the molecule is CC(=O)Nc1cc(-c2cc(-c3cc(-c4c(C(N)=O)ccnc4C(F)(F)F)ccc3C)nc(N(C)C)n2)ccn1. The van der Waals surface area contributed by atoms with Gasteiger partial charge in [-0.3, -0.25) is 14.6 Å². The number of pyridine rings is 2. The van der Waals surface area contributed by atoms with Gasteiger partial charge in [0.25, 0.3) is 0 Å². The quantitative estimate of drug-likeness (QED) is 0.366. The van der Waals surface area contributed by atoms with Crippen LogP contribution in [0.3, 0.4) is 0 Å². The van der Waals surface area contributed by atoms with Gasteiger partial charge < -0.3 is 16.0 Å². The highest BCUT2D eigenvalue weighted by Crippen LogP contribution is 2.39. The fraction of sp³-hybridized carbons (Fsp3) is 0.185. The fourth-order valence-electron chi connectivity index (χ4n) is 3.99. The van der Waals surface area contributed by atoms with Gasteiger partial charge in [0.1, 0.15) is 5.82 Å². The van der Waals surface area contributed by atoms with Crippen LogP contribution in [-0.2, 0) is 11.0 Å². The van der Waals surface area contributed by atoms with E-state index in [0.717, 1.165) is 17.8 Å². The largest absolute Gasteiger partial charge is 0.433 e. The number of rotatable bonds is 6. The number of aromatic nitrogens is 4. The molecular formula is C27H24F3N7O2. The fourth-order valence-corrected chi connectivity index (χ4v) is 3.99. The Morgan fingerprint density at radius 2 is 1.62 bits per heavy atom. The average molecular weight is 536 g/mol. The summed E-state index contributed by atoms with van der Waals surface area (Å²) in [5.74, 6) is -0.610. The molecule has 3 aromatic heterocycles. The van der Waals surface area contributed by atoms with Crippen LogP contribution in [0.2, 0.25) is 0 Å². The van der Waals surface area contributed by atoms with E-state index in [9.17, 15) is 22.8 Å². The van der Waals surface area contributed by atoms with Gasteiger partial charge in [0.05, 0.1) is 17.0 Å². The maximum absolute atomic E-state index is 13.9. The van der Waals surface area contributed by atoms with Crippen molar-refractivity contribution in [3.05, 3.63) is 71.7 Å². The van der Waals surface area contributed by atoms with Crippen LogP contribution in [0.5, 0.6) is 0 Å². The molecule has 39 heavy (non-hydrogen) atoms. The second kappa shape index (κ2) is 10.5. The lowest BCUT2D eigenvalue weighted by Crippen LogP contribution is -2.18. The number of alkyl halides is 3. The molecule has 0 radical (unpaired) electrons. The second-order valence-corrected chi connectivity index (χ2v) is 8.92. The number of carbonyl (C=O) groups excluding carboxylic acids is 2. The number of nitrogens with two attached hydrogens (primary N) is 1. The highest BCUT2D eigenvalue weighted by Gasteiger charge is 2.37. The van der Waals surface area contributed by atoms with E-state index in [1.165, 1.54) is 25.3 Å². The monoisotopic (exact) mass is 535 g/mol. The zero-order valence-corrected chi connectivity index (χ0v) is 21.5. The second-order valence-electron chi connectivity index (χ2n) is 8.92. The summed E-state index contributed by atoms with van der Waals surface area (Å²) in [5.41, 5.74) is 6.42. The summed E-state index contributed by atoms with van der Waals surface area (Å²) in [6, 6.07) is 10.9. The third-order valence-corrected chi connectivity index (χ3v) is 5.76. The van der Waals surface area contributed by atoms with Crippen LogP contribution in [0.4, 0.5) is 24.9 Å².